The number of benzene rings is 2. The van der Waals surface area contributed by atoms with Gasteiger partial charge in [-0.2, -0.15) is 18.3 Å². The van der Waals surface area contributed by atoms with Gasteiger partial charge in [0.2, 0.25) is 0 Å². The Morgan fingerprint density at radius 1 is 1.06 bits per heavy atom. The molecule has 0 unspecified atom stereocenters. The lowest BCUT2D eigenvalue weighted by molar-refractivity contribution is -0.141. The minimum atomic E-state index is -4.76. The molecule has 0 aliphatic carbocycles. The number of aromatic nitrogens is 2. The molecule has 172 valence electrons. The van der Waals surface area contributed by atoms with E-state index < -0.39 is 23.3 Å². The monoisotopic (exact) mass is 459 g/mol. The van der Waals surface area contributed by atoms with Crippen molar-refractivity contribution in [2.75, 3.05) is 19.5 Å². The summed E-state index contributed by atoms with van der Waals surface area (Å²) < 4.78 is 40.8. The first-order valence-electron chi connectivity index (χ1n) is 9.53. The molecule has 0 saturated heterocycles. The molecule has 11 heteroatoms. The lowest BCUT2D eigenvalue weighted by Crippen LogP contribution is -2.18. The largest absolute Gasteiger partial charge is 0.435 e. The summed E-state index contributed by atoms with van der Waals surface area (Å²) in [5.74, 6) is -0.923. The van der Waals surface area contributed by atoms with Crippen molar-refractivity contribution < 1.29 is 27.6 Å². The fraction of sp³-hybridized carbons (Fsp3) is 0.182. The van der Waals surface area contributed by atoms with Gasteiger partial charge in [0, 0.05) is 35.6 Å². The van der Waals surface area contributed by atoms with Crippen LogP contribution in [0.15, 0.2) is 59.0 Å². The van der Waals surface area contributed by atoms with Gasteiger partial charge in [-0.25, -0.2) is 0 Å². The molecule has 0 aliphatic rings. The number of para-hydroxylation sites is 1. The molecule has 0 aliphatic heterocycles. The van der Waals surface area contributed by atoms with Gasteiger partial charge >= 0.3 is 6.18 Å². The number of amides is 1. The van der Waals surface area contributed by atoms with Crippen LogP contribution in [0.25, 0.3) is 11.1 Å². The zero-order chi connectivity index (χ0) is 24.0. The third-order valence-corrected chi connectivity index (χ3v) is 4.51. The van der Waals surface area contributed by atoms with Crippen LogP contribution in [0.1, 0.15) is 27.2 Å². The van der Waals surface area contributed by atoms with Crippen molar-refractivity contribution in [2.24, 2.45) is 17.4 Å². The molecule has 0 saturated carbocycles. The van der Waals surface area contributed by atoms with Crippen LogP contribution in [-0.2, 0) is 22.9 Å². The van der Waals surface area contributed by atoms with Gasteiger partial charge < -0.3 is 15.0 Å². The number of nitrogens with one attached hydrogen (secondary N) is 1. The van der Waals surface area contributed by atoms with E-state index in [9.17, 15) is 18.0 Å². The highest BCUT2D eigenvalue weighted by atomic mass is 19.4. The van der Waals surface area contributed by atoms with E-state index in [-0.39, 0.29) is 0 Å². The Morgan fingerprint density at radius 2 is 1.73 bits per heavy atom. The van der Waals surface area contributed by atoms with Gasteiger partial charge in [0.15, 0.2) is 5.69 Å². The predicted molar refractivity (Wildman–Crippen MR) is 117 cm³/mol. The predicted octanol–water partition coefficient (Wildman–Crippen LogP) is 4.32. The number of halogens is 3. The normalized spacial score (nSPS) is 11.8. The maximum atomic E-state index is 13.3. The van der Waals surface area contributed by atoms with Crippen molar-refractivity contribution in [3.8, 4) is 11.1 Å². The second kappa shape index (κ2) is 9.98. The number of carbonyl (C=O) groups excluding carboxylic acids is 1. The topological polar surface area (TPSA) is 90.1 Å². The molecule has 0 fully saturated rings. The molecule has 1 heterocycles. The fourth-order valence-corrected chi connectivity index (χ4v) is 3.09. The number of aryl methyl sites for hydroxylation is 1. The molecule has 0 radical (unpaired) electrons. The van der Waals surface area contributed by atoms with Crippen LogP contribution in [0.3, 0.4) is 0 Å². The summed E-state index contributed by atoms with van der Waals surface area (Å²) in [6, 6.07) is 12.1. The minimum Gasteiger partial charge on any atom is -0.399 e. The standard InChI is InChI=1S/C22H20F3N5O3/c1-30-13-18(20(29-30)22(23,24)25)21(31)28-19-7-5-4-6-17(19)14-8-9-15(11-26-32-2)16(10-14)12-27-33-3/h4-13H,1-3H3,(H,28,31)/b26-11+,27-12-. The minimum absolute atomic E-state index is 0.326. The maximum Gasteiger partial charge on any atom is 0.435 e. The van der Waals surface area contributed by atoms with E-state index in [0.717, 1.165) is 10.9 Å². The van der Waals surface area contributed by atoms with Gasteiger partial charge in [0.25, 0.3) is 5.91 Å². The van der Waals surface area contributed by atoms with Gasteiger partial charge in [-0.15, -0.1) is 0 Å². The van der Waals surface area contributed by atoms with Crippen LogP contribution >= 0.6 is 0 Å². The van der Waals surface area contributed by atoms with Gasteiger partial charge in [-0.05, 0) is 17.7 Å². The van der Waals surface area contributed by atoms with Crippen LogP contribution in [0.2, 0.25) is 0 Å². The number of hydrogen-bond donors (Lipinski definition) is 1. The first kappa shape index (κ1) is 23.5. The average molecular weight is 459 g/mol. The summed E-state index contributed by atoms with van der Waals surface area (Å²) in [7, 11) is 4.14. The SMILES string of the molecule is CO/N=C\c1cc(-c2ccccc2NC(=O)c2cn(C)nc2C(F)(F)F)ccc1/C=N/OC. The Hall–Kier alpha value is -4.15. The molecule has 0 spiro atoms. The molecule has 0 atom stereocenters. The summed E-state index contributed by atoms with van der Waals surface area (Å²) in [6.07, 6.45) is -0.755. The number of anilines is 1. The van der Waals surface area contributed by atoms with Crippen LogP contribution in [-0.4, -0.2) is 42.3 Å². The Kier molecular flexibility index (Phi) is 7.11. The first-order chi connectivity index (χ1) is 15.7. The second-order valence-corrected chi connectivity index (χ2v) is 6.74. The van der Waals surface area contributed by atoms with E-state index in [1.165, 1.54) is 33.7 Å². The maximum absolute atomic E-state index is 13.3. The highest BCUT2D eigenvalue weighted by molar-refractivity contribution is 6.07. The Balaban J connectivity index is 2.00. The van der Waals surface area contributed by atoms with Crippen LogP contribution in [0.5, 0.6) is 0 Å². The van der Waals surface area contributed by atoms with Gasteiger partial charge in [-0.3, -0.25) is 9.48 Å². The highest BCUT2D eigenvalue weighted by Gasteiger charge is 2.39. The average Bonchev–Trinajstić information content (AvgIpc) is 3.19. The highest BCUT2D eigenvalue weighted by Crippen LogP contribution is 2.33. The summed E-state index contributed by atoms with van der Waals surface area (Å²) >= 11 is 0. The van der Waals surface area contributed by atoms with Crippen molar-refractivity contribution >= 4 is 24.0 Å². The van der Waals surface area contributed by atoms with Crippen molar-refractivity contribution in [1.29, 1.82) is 0 Å². The smallest absolute Gasteiger partial charge is 0.399 e. The number of alkyl halides is 3. The van der Waals surface area contributed by atoms with E-state index in [4.69, 9.17) is 9.68 Å². The van der Waals surface area contributed by atoms with Crippen molar-refractivity contribution in [3.05, 3.63) is 71.0 Å². The number of rotatable bonds is 7. The summed E-state index contributed by atoms with van der Waals surface area (Å²) in [5, 5.41) is 13.5. The molecule has 1 N–H and O–H groups in total. The Labute approximate surface area is 187 Å². The van der Waals surface area contributed by atoms with E-state index in [1.54, 1.807) is 42.5 Å². The molecule has 3 rings (SSSR count). The third kappa shape index (κ3) is 5.56. The molecule has 33 heavy (non-hydrogen) atoms. The van der Waals surface area contributed by atoms with Crippen LogP contribution in [0, 0.1) is 0 Å². The molecule has 1 aromatic heterocycles. The first-order valence-corrected chi connectivity index (χ1v) is 9.53. The van der Waals surface area contributed by atoms with Gasteiger partial charge in [0.05, 0.1) is 18.0 Å². The molecule has 3 aromatic rings. The van der Waals surface area contributed by atoms with E-state index in [1.807, 2.05) is 0 Å². The van der Waals surface area contributed by atoms with Gasteiger partial charge in [0.1, 0.15) is 14.2 Å². The third-order valence-electron chi connectivity index (χ3n) is 4.51. The van der Waals surface area contributed by atoms with Crippen LogP contribution < -0.4 is 5.32 Å². The van der Waals surface area contributed by atoms with Crippen molar-refractivity contribution in [3.63, 3.8) is 0 Å². The molecule has 2 aromatic carbocycles. The van der Waals surface area contributed by atoms with E-state index >= 15 is 0 Å². The number of nitrogens with zero attached hydrogens (tertiary/aromatic N) is 4. The molecule has 8 nitrogen and oxygen atoms in total. The molecular formula is C22H20F3N5O3. The van der Waals surface area contributed by atoms with Crippen LogP contribution in [0.4, 0.5) is 18.9 Å². The summed E-state index contributed by atoms with van der Waals surface area (Å²) in [4.78, 5) is 22.2. The van der Waals surface area contributed by atoms with E-state index in [0.29, 0.717) is 27.9 Å². The van der Waals surface area contributed by atoms with Crippen molar-refractivity contribution in [1.82, 2.24) is 9.78 Å². The van der Waals surface area contributed by atoms with Crippen molar-refractivity contribution in [2.45, 2.75) is 6.18 Å². The number of carbonyl (C=O) groups is 1. The molecule has 1 amide bonds. The molecule has 0 bridgehead atoms. The number of oxime groups is 2. The lowest BCUT2D eigenvalue weighted by Gasteiger charge is -2.13. The summed E-state index contributed by atoms with van der Waals surface area (Å²) in [5.41, 5.74) is 1.10. The number of hydrogen-bond acceptors (Lipinski definition) is 6. The zero-order valence-corrected chi connectivity index (χ0v) is 17.9. The summed E-state index contributed by atoms with van der Waals surface area (Å²) in [6.45, 7) is 0. The Morgan fingerprint density at radius 3 is 2.39 bits per heavy atom. The molecular weight excluding hydrogens is 439 g/mol. The van der Waals surface area contributed by atoms with Gasteiger partial charge in [-0.1, -0.05) is 40.6 Å². The Bertz CT molecular complexity index is 1200. The van der Waals surface area contributed by atoms with E-state index in [2.05, 4.69) is 20.7 Å². The second-order valence-electron chi connectivity index (χ2n) is 6.74. The fourth-order valence-electron chi connectivity index (χ4n) is 3.09. The lowest BCUT2D eigenvalue weighted by atomic mass is 9.98. The quantitative estimate of drug-likeness (QED) is 0.421. The zero-order valence-electron chi connectivity index (χ0n) is 17.9.